The molecule has 2 atom stereocenters. The second-order valence-corrected chi connectivity index (χ2v) is 7.86. The Morgan fingerprint density at radius 1 is 1.33 bits per heavy atom. The van der Waals surface area contributed by atoms with Crippen molar-refractivity contribution in [2.45, 2.75) is 31.2 Å². The number of halogens is 2. The number of hydrogen-bond acceptors (Lipinski definition) is 2. The van der Waals surface area contributed by atoms with Gasteiger partial charge >= 0.3 is 0 Å². The highest BCUT2D eigenvalue weighted by Gasteiger charge is 2.37. The third kappa shape index (κ3) is 2.32. The van der Waals surface area contributed by atoms with E-state index in [1.54, 1.807) is 0 Å². The maximum Gasteiger partial charge on any atom is 0.128 e. The molecule has 0 saturated carbocycles. The molecule has 0 amide bonds. The summed E-state index contributed by atoms with van der Waals surface area (Å²) in [6.07, 6.45) is 2.60. The molecule has 3 nitrogen and oxygen atoms in total. The molecule has 5 heteroatoms. The van der Waals surface area contributed by atoms with Crippen molar-refractivity contribution in [2.24, 2.45) is 5.92 Å². The molecule has 0 aliphatic carbocycles. The lowest BCUT2D eigenvalue weighted by Gasteiger charge is -2.46. The number of aromatic nitrogens is 2. The molecule has 2 unspecified atom stereocenters. The molecule has 112 valence electrons. The lowest BCUT2D eigenvalue weighted by atomic mass is 9.83. The first-order chi connectivity index (χ1) is 10.1. The summed E-state index contributed by atoms with van der Waals surface area (Å²) in [6, 6.07) is 6.84. The van der Waals surface area contributed by atoms with E-state index < -0.39 is 0 Å². The van der Waals surface area contributed by atoms with Crippen LogP contribution in [0, 0.1) is 5.92 Å². The third-order valence-corrected chi connectivity index (χ3v) is 5.68. The Balaban J connectivity index is 1.89. The molecule has 3 aliphatic heterocycles. The number of rotatable bonds is 2. The lowest BCUT2D eigenvalue weighted by Crippen LogP contribution is -2.48. The molecule has 5 rings (SSSR count). The minimum atomic E-state index is -0.0633. The molecule has 0 spiro atoms. The number of piperidine rings is 3. The third-order valence-electron chi connectivity index (χ3n) is 4.99. The highest BCUT2D eigenvalue weighted by molar-refractivity contribution is 9.10. The van der Waals surface area contributed by atoms with Gasteiger partial charge in [-0.2, -0.15) is 0 Å². The topological polar surface area (TPSA) is 21.1 Å². The standard InChI is InChI=1S/C16H19BrClN3/c1-10(18)16-19-13-3-2-12(17)8-14(13)21(16)15-9-20-6-4-11(15)5-7-20/h2-3,8,10-11,15H,4-7,9H2,1H3. The summed E-state index contributed by atoms with van der Waals surface area (Å²) in [5, 5.41) is -0.0633. The van der Waals surface area contributed by atoms with E-state index in [-0.39, 0.29) is 5.38 Å². The summed E-state index contributed by atoms with van der Waals surface area (Å²) in [7, 11) is 0. The zero-order valence-electron chi connectivity index (χ0n) is 12.1. The monoisotopic (exact) mass is 367 g/mol. The first kappa shape index (κ1) is 14.0. The highest BCUT2D eigenvalue weighted by Crippen LogP contribution is 2.40. The number of alkyl halides is 1. The van der Waals surface area contributed by atoms with E-state index in [4.69, 9.17) is 16.6 Å². The summed E-state index contributed by atoms with van der Waals surface area (Å²) in [4.78, 5) is 7.38. The van der Waals surface area contributed by atoms with Crippen molar-refractivity contribution in [3.63, 3.8) is 0 Å². The SMILES string of the molecule is CC(Cl)c1nc2ccc(Br)cc2n1C1CN2CCC1CC2. The van der Waals surface area contributed by atoms with Gasteiger partial charge in [-0.05, 0) is 57.0 Å². The molecule has 3 fully saturated rings. The van der Waals surface area contributed by atoms with Gasteiger partial charge < -0.3 is 9.47 Å². The Morgan fingerprint density at radius 3 is 2.71 bits per heavy atom. The van der Waals surface area contributed by atoms with Gasteiger partial charge in [-0.1, -0.05) is 15.9 Å². The molecular formula is C16H19BrClN3. The summed E-state index contributed by atoms with van der Waals surface area (Å²) in [6.45, 7) is 5.67. The molecule has 21 heavy (non-hydrogen) atoms. The number of imidazole rings is 1. The van der Waals surface area contributed by atoms with Gasteiger partial charge in [-0.15, -0.1) is 11.6 Å². The van der Waals surface area contributed by atoms with Crippen molar-refractivity contribution in [1.29, 1.82) is 0 Å². The van der Waals surface area contributed by atoms with Crippen LogP contribution in [0.1, 0.15) is 37.0 Å². The van der Waals surface area contributed by atoms with Gasteiger partial charge in [0, 0.05) is 11.0 Å². The average Bonchev–Trinajstić information content (AvgIpc) is 2.87. The predicted molar refractivity (Wildman–Crippen MR) is 89.9 cm³/mol. The molecule has 2 aromatic rings. The van der Waals surface area contributed by atoms with Gasteiger partial charge in [-0.25, -0.2) is 4.98 Å². The van der Waals surface area contributed by atoms with Gasteiger partial charge in [0.15, 0.2) is 0 Å². The molecule has 2 bridgehead atoms. The van der Waals surface area contributed by atoms with E-state index >= 15 is 0 Å². The van der Waals surface area contributed by atoms with Crippen LogP contribution in [0.4, 0.5) is 0 Å². The maximum atomic E-state index is 6.43. The van der Waals surface area contributed by atoms with Crippen LogP contribution >= 0.6 is 27.5 Å². The molecule has 1 aromatic heterocycles. The first-order valence-corrected chi connectivity index (χ1v) is 8.90. The van der Waals surface area contributed by atoms with E-state index in [0.717, 1.165) is 28.3 Å². The Bertz CT molecular complexity index is 673. The largest absolute Gasteiger partial charge is 0.322 e. The minimum Gasteiger partial charge on any atom is -0.322 e. The van der Waals surface area contributed by atoms with Crippen LogP contribution in [0.15, 0.2) is 22.7 Å². The Morgan fingerprint density at radius 2 is 2.10 bits per heavy atom. The quantitative estimate of drug-likeness (QED) is 0.734. The van der Waals surface area contributed by atoms with Crippen molar-refractivity contribution in [2.75, 3.05) is 19.6 Å². The van der Waals surface area contributed by atoms with Crippen LogP contribution < -0.4 is 0 Å². The molecule has 0 radical (unpaired) electrons. The second kappa shape index (κ2) is 5.25. The van der Waals surface area contributed by atoms with Gasteiger partial charge in [0.05, 0.1) is 22.5 Å². The summed E-state index contributed by atoms with van der Waals surface area (Å²) in [5.41, 5.74) is 2.27. The van der Waals surface area contributed by atoms with Gasteiger partial charge in [0.25, 0.3) is 0 Å². The van der Waals surface area contributed by atoms with Crippen LogP contribution in [0.3, 0.4) is 0 Å². The van der Waals surface area contributed by atoms with Crippen LogP contribution in [0.2, 0.25) is 0 Å². The molecule has 1 aromatic carbocycles. The fraction of sp³-hybridized carbons (Fsp3) is 0.562. The predicted octanol–water partition coefficient (Wildman–Crippen LogP) is 4.37. The van der Waals surface area contributed by atoms with Crippen molar-refractivity contribution in [3.05, 3.63) is 28.5 Å². The molecule has 3 saturated heterocycles. The first-order valence-electron chi connectivity index (χ1n) is 7.67. The minimum absolute atomic E-state index is 0.0633. The van der Waals surface area contributed by atoms with Crippen LogP contribution in [0.25, 0.3) is 11.0 Å². The number of hydrogen-bond donors (Lipinski definition) is 0. The van der Waals surface area contributed by atoms with Crippen molar-refractivity contribution < 1.29 is 0 Å². The summed E-state index contributed by atoms with van der Waals surface area (Å²) >= 11 is 10.0. The van der Waals surface area contributed by atoms with Crippen LogP contribution in [-0.2, 0) is 0 Å². The summed E-state index contributed by atoms with van der Waals surface area (Å²) in [5.74, 6) is 1.78. The zero-order chi connectivity index (χ0) is 14.6. The highest BCUT2D eigenvalue weighted by atomic mass is 79.9. The Kier molecular flexibility index (Phi) is 3.51. The van der Waals surface area contributed by atoms with Gasteiger partial charge in [0.1, 0.15) is 5.82 Å². The molecular weight excluding hydrogens is 350 g/mol. The van der Waals surface area contributed by atoms with Crippen LogP contribution in [-0.4, -0.2) is 34.1 Å². The smallest absolute Gasteiger partial charge is 0.128 e. The fourth-order valence-electron chi connectivity index (χ4n) is 3.94. The van der Waals surface area contributed by atoms with Crippen molar-refractivity contribution in [3.8, 4) is 0 Å². The zero-order valence-corrected chi connectivity index (χ0v) is 14.4. The number of fused-ring (bicyclic) bond motifs is 4. The fourth-order valence-corrected chi connectivity index (χ4v) is 4.44. The van der Waals surface area contributed by atoms with E-state index in [1.807, 2.05) is 6.92 Å². The van der Waals surface area contributed by atoms with Crippen molar-refractivity contribution in [1.82, 2.24) is 14.5 Å². The second-order valence-electron chi connectivity index (χ2n) is 6.29. The van der Waals surface area contributed by atoms with Gasteiger partial charge in [0.2, 0.25) is 0 Å². The van der Waals surface area contributed by atoms with E-state index in [9.17, 15) is 0 Å². The average molecular weight is 369 g/mol. The Hall–Kier alpha value is -0.580. The summed E-state index contributed by atoms with van der Waals surface area (Å²) < 4.78 is 3.53. The molecule has 0 N–H and O–H groups in total. The molecule has 4 heterocycles. The van der Waals surface area contributed by atoms with E-state index in [0.29, 0.717) is 6.04 Å². The Labute approximate surface area is 138 Å². The van der Waals surface area contributed by atoms with Crippen LogP contribution in [0.5, 0.6) is 0 Å². The van der Waals surface area contributed by atoms with Crippen molar-refractivity contribution >= 4 is 38.6 Å². The number of nitrogens with zero attached hydrogens (tertiary/aromatic N) is 3. The normalized spacial score (nSPS) is 30.0. The van der Waals surface area contributed by atoms with E-state index in [2.05, 4.69) is 43.6 Å². The van der Waals surface area contributed by atoms with E-state index in [1.165, 1.54) is 31.4 Å². The lowest BCUT2D eigenvalue weighted by molar-refractivity contribution is 0.0575. The molecule has 3 aliphatic rings. The van der Waals surface area contributed by atoms with Gasteiger partial charge in [-0.3, -0.25) is 0 Å². The number of benzene rings is 1. The maximum absolute atomic E-state index is 6.43.